The number of carbonyl (C=O) groups is 1. The highest BCUT2D eigenvalue weighted by Gasteiger charge is 2.21. The number of benzene rings is 1. The molecule has 138 valence electrons. The van der Waals surface area contributed by atoms with Gasteiger partial charge in [0.05, 0.1) is 27.6 Å². The van der Waals surface area contributed by atoms with Crippen molar-refractivity contribution in [3.05, 3.63) is 44.0 Å². The average Bonchev–Trinajstić information content (AvgIpc) is 2.57. The van der Waals surface area contributed by atoms with Crippen LogP contribution < -0.4 is 0 Å². The number of rotatable bonds is 11. The van der Waals surface area contributed by atoms with E-state index in [9.17, 15) is 25.0 Å². The number of carbonyl (C=O) groups excluding carboxylic acids is 1. The third-order valence-electron chi connectivity index (χ3n) is 3.83. The number of esters is 1. The summed E-state index contributed by atoms with van der Waals surface area (Å²) in [5.74, 6) is -0.787. The van der Waals surface area contributed by atoms with E-state index in [-0.39, 0.29) is 11.7 Å². The molecular weight excluding hydrogens is 328 g/mol. The maximum Gasteiger partial charge on any atom is 0.338 e. The van der Waals surface area contributed by atoms with Gasteiger partial charge in [0.15, 0.2) is 0 Å². The number of non-ortho nitro benzene ring substituents is 2. The SMILES string of the molecule is CCCCCCCCC(C)OC(=O)c1cc([N+](=O)[O-])cc([N+](=O)[O-])c1. The summed E-state index contributed by atoms with van der Waals surface area (Å²) in [6.07, 6.45) is 7.07. The molecule has 8 nitrogen and oxygen atoms in total. The molecule has 0 saturated heterocycles. The molecule has 1 atom stereocenters. The van der Waals surface area contributed by atoms with Crippen molar-refractivity contribution in [2.24, 2.45) is 0 Å². The molecule has 1 aromatic rings. The molecule has 0 heterocycles. The molecule has 0 saturated carbocycles. The minimum absolute atomic E-state index is 0.185. The van der Waals surface area contributed by atoms with E-state index in [2.05, 4.69) is 6.92 Å². The second-order valence-electron chi connectivity index (χ2n) is 6.02. The zero-order chi connectivity index (χ0) is 18.8. The molecule has 0 spiro atoms. The average molecular weight is 352 g/mol. The van der Waals surface area contributed by atoms with Crippen LogP contribution in [-0.2, 0) is 4.74 Å². The number of nitro groups is 2. The lowest BCUT2D eigenvalue weighted by molar-refractivity contribution is -0.394. The fraction of sp³-hybridized carbons (Fsp3) is 0.588. The van der Waals surface area contributed by atoms with E-state index in [1.807, 2.05) is 0 Å². The van der Waals surface area contributed by atoms with Gasteiger partial charge >= 0.3 is 5.97 Å². The summed E-state index contributed by atoms with van der Waals surface area (Å²) < 4.78 is 5.25. The van der Waals surface area contributed by atoms with Gasteiger partial charge in [-0.15, -0.1) is 0 Å². The van der Waals surface area contributed by atoms with Crippen molar-refractivity contribution in [2.45, 2.75) is 64.9 Å². The van der Waals surface area contributed by atoms with Crippen LogP contribution in [0.15, 0.2) is 18.2 Å². The van der Waals surface area contributed by atoms with E-state index < -0.39 is 27.2 Å². The van der Waals surface area contributed by atoms with E-state index in [1.165, 1.54) is 19.3 Å². The van der Waals surface area contributed by atoms with Crippen molar-refractivity contribution >= 4 is 17.3 Å². The molecule has 1 unspecified atom stereocenters. The summed E-state index contributed by atoms with van der Waals surface area (Å²) in [5, 5.41) is 21.7. The minimum atomic E-state index is -0.787. The van der Waals surface area contributed by atoms with E-state index in [4.69, 9.17) is 4.74 Å². The monoisotopic (exact) mass is 352 g/mol. The Kier molecular flexibility index (Phi) is 8.52. The van der Waals surface area contributed by atoms with Crippen LogP contribution in [-0.4, -0.2) is 21.9 Å². The summed E-state index contributed by atoms with van der Waals surface area (Å²) in [4.78, 5) is 32.3. The number of unbranched alkanes of at least 4 members (excludes halogenated alkanes) is 5. The molecule has 0 amide bonds. The highest BCUT2D eigenvalue weighted by molar-refractivity contribution is 5.91. The zero-order valence-electron chi connectivity index (χ0n) is 14.6. The lowest BCUT2D eigenvalue weighted by Crippen LogP contribution is -2.15. The molecule has 1 rings (SSSR count). The largest absolute Gasteiger partial charge is 0.459 e. The van der Waals surface area contributed by atoms with E-state index >= 15 is 0 Å². The van der Waals surface area contributed by atoms with E-state index in [0.29, 0.717) is 6.42 Å². The molecule has 0 aliphatic heterocycles. The first-order valence-corrected chi connectivity index (χ1v) is 8.50. The molecule has 25 heavy (non-hydrogen) atoms. The van der Waals surface area contributed by atoms with Gasteiger partial charge in [0, 0.05) is 12.1 Å². The van der Waals surface area contributed by atoms with Crippen molar-refractivity contribution in [1.82, 2.24) is 0 Å². The molecule has 0 fully saturated rings. The first-order chi connectivity index (χ1) is 11.8. The lowest BCUT2D eigenvalue weighted by Gasteiger charge is -2.13. The molecule has 0 radical (unpaired) electrons. The quantitative estimate of drug-likeness (QED) is 0.245. The second-order valence-corrected chi connectivity index (χ2v) is 6.02. The Hall–Kier alpha value is -2.51. The zero-order valence-corrected chi connectivity index (χ0v) is 14.6. The molecule has 1 aromatic carbocycles. The van der Waals surface area contributed by atoms with Crippen LogP contribution >= 0.6 is 0 Å². The normalized spacial score (nSPS) is 11.8. The highest BCUT2D eigenvalue weighted by Crippen LogP contribution is 2.23. The summed E-state index contributed by atoms with van der Waals surface area (Å²) in [7, 11) is 0. The van der Waals surface area contributed by atoms with Gasteiger partial charge in [-0.3, -0.25) is 20.2 Å². The second kappa shape index (κ2) is 10.4. The Morgan fingerprint density at radius 1 is 1.00 bits per heavy atom. The van der Waals surface area contributed by atoms with Gasteiger partial charge in [0.1, 0.15) is 0 Å². The first-order valence-electron chi connectivity index (χ1n) is 8.50. The summed E-state index contributed by atoms with van der Waals surface area (Å²) in [6, 6.07) is 2.80. The van der Waals surface area contributed by atoms with E-state index in [0.717, 1.165) is 37.5 Å². The van der Waals surface area contributed by atoms with Crippen LogP contribution in [0.2, 0.25) is 0 Å². The third-order valence-corrected chi connectivity index (χ3v) is 3.83. The molecule has 8 heteroatoms. The number of hydrogen-bond donors (Lipinski definition) is 0. The van der Waals surface area contributed by atoms with Crippen molar-refractivity contribution < 1.29 is 19.4 Å². The maximum absolute atomic E-state index is 12.1. The maximum atomic E-state index is 12.1. The van der Waals surface area contributed by atoms with Crippen LogP contribution in [0.1, 0.15) is 69.2 Å². The molecule has 0 aromatic heterocycles. The van der Waals surface area contributed by atoms with Gasteiger partial charge in [0.2, 0.25) is 0 Å². The lowest BCUT2D eigenvalue weighted by atomic mass is 10.1. The van der Waals surface area contributed by atoms with Crippen molar-refractivity contribution in [1.29, 1.82) is 0 Å². The number of hydrogen-bond acceptors (Lipinski definition) is 6. The predicted octanol–water partition coefficient (Wildman–Crippen LogP) is 4.80. The molecule has 0 N–H and O–H groups in total. The molecule has 0 bridgehead atoms. The summed E-state index contributed by atoms with van der Waals surface area (Å²) in [6.45, 7) is 3.90. The molecule has 0 aliphatic carbocycles. The highest BCUT2D eigenvalue weighted by atomic mass is 16.6. The van der Waals surface area contributed by atoms with Crippen LogP contribution in [0.25, 0.3) is 0 Å². The van der Waals surface area contributed by atoms with Gasteiger partial charge in [-0.05, 0) is 19.8 Å². The van der Waals surface area contributed by atoms with Crippen LogP contribution in [0.4, 0.5) is 11.4 Å². The molecule has 0 aliphatic rings. The fourth-order valence-electron chi connectivity index (χ4n) is 2.45. The topological polar surface area (TPSA) is 113 Å². The Balaban J connectivity index is 2.61. The van der Waals surface area contributed by atoms with Crippen LogP contribution in [0.3, 0.4) is 0 Å². The van der Waals surface area contributed by atoms with Crippen LogP contribution in [0.5, 0.6) is 0 Å². The predicted molar refractivity (Wildman–Crippen MR) is 92.6 cm³/mol. The third kappa shape index (κ3) is 7.28. The smallest absolute Gasteiger partial charge is 0.338 e. The Morgan fingerprint density at radius 2 is 1.52 bits per heavy atom. The summed E-state index contributed by atoms with van der Waals surface area (Å²) in [5.41, 5.74) is -1.20. The standard InChI is InChI=1S/C17H24N2O6/c1-3-4-5-6-7-8-9-13(2)25-17(20)14-10-15(18(21)22)12-16(11-14)19(23)24/h10-13H,3-9H2,1-2H3. The first kappa shape index (κ1) is 20.5. The number of nitro benzene ring substituents is 2. The van der Waals surface area contributed by atoms with Crippen LogP contribution in [0, 0.1) is 20.2 Å². The minimum Gasteiger partial charge on any atom is -0.459 e. The van der Waals surface area contributed by atoms with Gasteiger partial charge in [0.25, 0.3) is 11.4 Å². The molecular formula is C17H24N2O6. The Labute approximate surface area is 146 Å². The van der Waals surface area contributed by atoms with E-state index in [1.54, 1.807) is 6.92 Å². The Morgan fingerprint density at radius 3 is 2.04 bits per heavy atom. The Bertz CT molecular complexity index is 585. The number of ether oxygens (including phenoxy) is 1. The summed E-state index contributed by atoms with van der Waals surface area (Å²) >= 11 is 0. The van der Waals surface area contributed by atoms with Gasteiger partial charge < -0.3 is 4.74 Å². The van der Waals surface area contributed by atoms with Crippen molar-refractivity contribution in [3.8, 4) is 0 Å². The van der Waals surface area contributed by atoms with Crippen molar-refractivity contribution in [3.63, 3.8) is 0 Å². The van der Waals surface area contributed by atoms with Crippen molar-refractivity contribution in [2.75, 3.05) is 0 Å². The van der Waals surface area contributed by atoms with Gasteiger partial charge in [-0.1, -0.05) is 39.0 Å². The van der Waals surface area contributed by atoms with Gasteiger partial charge in [-0.2, -0.15) is 0 Å². The number of nitrogens with zero attached hydrogens (tertiary/aromatic N) is 2. The fourth-order valence-corrected chi connectivity index (χ4v) is 2.45. The van der Waals surface area contributed by atoms with Gasteiger partial charge in [-0.25, -0.2) is 4.79 Å².